The van der Waals surface area contributed by atoms with Crippen LogP contribution in [-0.2, 0) is 14.4 Å². The molecule has 11 heteroatoms. The Hall–Kier alpha value is -3.86. The Labute approximate surface area is 234 Å². The van der Waals surface area contributed by atoms with Gasteiger partial charge in [-0.1, -0.05) is 13.3 Å². The standard InChI is InChI=1S/C29H38N4O7/c1-5-6-11-33(21-8-7-10-30-15-21)26(35)17-32-16-22(20-13-24(38-4)28-25(14-20)39-18-40-28)27(29(36)37)23(32)9-12-31(3)19(2)34/h7-8,10,13-15,22-23,27H,5-6,9,11-12,16-18H2,1-4H3,(H,36,37)/t22-,23+,27?/m1/s1. The van der Waals surface area contributed by atoms with Gasteiger partial charge in [0.15, 0.2) is 11.5 Å². The molecule has 1 aromatic heterocycles. The predicted molar refractivity (Wildman–Crippen MR) is 148 cm³/mol. The predicted octanol–water partition coefficient (Wildman–Crippen LogP) is 2.99. The maximum absolute atomic E-state index is 13.8. The molecule has 2 aromatic rings. The molecule has 11 nitrogen and oxygen atoms in total. The first kappa shape index (κ1) is 29.1. The number of hydrogen-bond donors (Lipinski definition) is 1. The highest BCUT2D eigenvalue weighted by atomic mass is 16.7. The van der Waals surface area contributed by atoms with Crippen LogP contribution in [0.15, 0.2) is 36.7 Å². The molecule has 0 saturated carbocycles. The Morgan fingerprint density at radius 2 is 2.02 bits per heavy atom. The van der Waals surface area contributed by atoms with E-state index in [0.717, 1.165) is 18.4 Å². The fraction of sp³-hybridized carbons (Fsp3) is 0.517. The number of carbonyl (C=O) groups excluding carboxylic acids is 2. The summed E-state index contributed by atoms with van der Waals surface area (Å²) in [5.41, 5.74) is 1.45. The van der Waals surface area contributed by atoms with Gasteiger partial charge in [0.05, 0.1) is 31.5 Å². The largest absolute Gasteiger partial charge is 0.493 e. The van der Waals surface area contributed by atoms with Gasteiger partial charge in [-0.3, -0.25) is 24.3 Å². The number of methoxy groups -OCH3 is 1. The number of ether oxygens (including phenoxy) is 3. The Bertz CT molecular complexity index is 1210. The minimum atomic E-state index is -0.956. The summed E-state index contributed by atoms with van der Waals surface area (Å²) in [7, 11) is 3.22. The van der Waals surface area contributed by atoms with Crippen molar-refractivity contribution in [1.82, 2.24) is 14.8 Å². The van der Waals surface area contributed by atoms with Crippen molar-refractivity contribution in [2.24, 2.45) is 5.92 Å². The minimum absolute atomic E-state index is 0.0367. The van der Waals surface area contributed by atoms with Crippen LogP contribution in [-0.4, -0.2) is 90.8 Å². The summed E-state index contributed by atoms with van der Waals surface area (Å²) in [6.45, 7) is 4.89. The number of fused-ring (bicyclic) bond motifs is 1. The average Bonchev–Trinajstić information content (AvgIpc) is 3.56. The molecule has 1 saturated heterocycles. The molecule has 3 heterocycles. The molecule has 0 aliphatic carbocycles. The number of unbranched alkanes of at least 4 members (excludes halogenated alkanes) is 1. The molecule has 40 heavy (non-hydrogen) atoms. The number of carboxylic acids is 1. The lowest BCUT2D eigenvalue weighted by molar-refractivity contribution is -0.143. The second-order valence-electron chi connectivity index (χ2n) is 10.3. The van der Waals surface area contributed by atoms with Crippen molar-refractivity contribution < 1.29 is 33.7 Å². The molecule has 0 bridgehead atoms. The lowest BCUT2D eigenvalue weighted by Crippen LogP contribution is -2.45. The molecular weight excluding hydrogens is 516 g/mol. The van der Waals surface area contributed by atoms with Crippen LogP contribution in [0.5, 0.6) is 17.2 Å². The second kappa shape index (κ2) is 13.0. The molecule has 2 aliphatic rings. The quantitative estimate of drug-likeness (QED) is 0.422. The van der Waals surface area contributed by atoms with Gasteiger partial charge in [-0.15, -0.1) is 0 Å². The van der Waals surface area contributed by atoms with Gasteiger partial charge >= 0.3 is 5.97 Å². The Morgan fingerprint density at radius 3 is 2.67 bits per heavy atom. The fourth-order valence-corrected chi connectivity index (χ4v) is 5.52. The molecule has 2 amide bonds. The van der Waals surface area contributed by atoms with Gasteiger partial charge < -0.3 is 29.1 Å². The number of aliphatic carboxylic acids is 1. The van der Waals surface area contributed by atoms with Crippen molar-refractivity contribution in [3.63, 3.8) is 0 Å². The Morgan fingerprint density at radius 1 is 1.23 bits per heavy atom. The summed E-state index contributed by atoms with van der Waals surface area (Å²) in [6.07, 6.45) is 5.47. The fourth-order valence-electron chi connectivity index (χ4n) is 5.52. The van der Waals surface area contributed by atoms with Crippen molar-refractivity contribution >= 4 is 23.5 Å². The van der Waals surface area contributed by atoms with Crippen LogP contribution < -0.4 is 19.1 Å². The molecule has 1 unspecified atom stereocenters. The van der Waals surface area contributed by atoms with Crippen LogP contribution >= 0.6 is 0 Å². The van der Waals surface area contributed by atoms with Crippen LogP contribution in [0.25, 0.3) is 0 Å². The van der Waals surface area contributed by atoms with E-state index in [4.69, 9.17) is 14.2 Å². The van der Waals surface area contributed by atoms with E-state index in [0.29, 0.717) is 49.0 Å². The zero-order chi connectivity index (χ0) is 28.8. The number of anilines is 1. The molecule has 1 N–H and O–H groups in total. The SMILES string of the molecule is CCCCN(C(=O)CN1C[C@H](c2cc(OC)c3c(c2)OCO3)C(C(=O)O)[C@@H]1CCN(C)C(C)=O)c1cccnc1. The highest BCUT2D eigenvalue weighted by Gasteiger charge is 2.47. The number of carbonyl (C=O) groups is 3. The monoisotopic (exact) mass is 554 g/mol. The first-order chi connectivity index (χ1) is 19.2. The summed E-state index contributed by atoms with van der Waals surface area (Å²) in [6, 6.07) is 6.76. The molecule has 216 valence electrons. The topological polar surface area (TPSA) is 122 Å². The van der Waals surface area contributed by atoms with Crippen molar-refractivity contribution in [2.75, 3.05) is 52.0 Å². The summed E-state index contributed by atoms with van der Waals surface area (Å²) < 4.78 is 16.7. The lowest BCUT2D eigenvalue weighted by atomic mass is 9.84. The van der Waals surface area contributed by atoms with Crippen molar-refractivity contribution in [3.05, 3.63) is 42.2 Å². The van der Waals surface area contributed by atoms with Crippen LogP contribution in [0.2, 0.25) is 0 Å². The summed E-state index contributed by atoms with van der Waals surface area (Å²) in [5.74, 6) is -0.981. The molecule has 4 rings (SSSR count). The number of amides is 2. The van der Waals surface area contributed by atoms with Gasteiger partial charge in [-0.2, -0.15) is 0 Å². The van der Waals surface area contributed by atoms with E-state index in [1.54, 1.807) is 47.4 Å². The van der Waals surface area contributed by atoms with E-state index in [1.165, 1.54) is 14.0 Å². The zero-order valence-corrected chi connectivity index (χ0v) is 23.5. The summed E-state index contributed by atoms with van der Waals surface area (Å²) in [5, 5.41) is 10.5. The summed E-state index contributed by atoms with van der Waals surface area (Å²) >= 11 is 0. The van der Waals surface area contributed by atoms with Crippen LogP contribution in [0, 0.1) is 5.92 Å². The van der Waals surface area contributed by atoms with E-state index in [2.05, 4.69) is 11.9 Å². The van der Waals surface area contributed by atoms with Crippen molar-refractivity contribution in [1.29, 1.82) is 0 Å². The van der Waals surface area contributed by atoms with E-state index < -0.39 is 23.8 Å². The van der Waals surface area contributed by atoms with Gasteiger partial charge in [-0.05, 0) is 42.7 Å². The highest BCUT2D eigenvalue weighted by molar-refractivity contribution is 5.94. The number of benzene rings is 1. The number of nitrogens with zero attached hydrogens (tertiary/aromatic N) is 4. The lowest BCUT2D eigenvalue weighted by Gasteiger charge is -2.30. The molecule has 0 spiro atoms. The number of pyridine rings is 1. The number of likely N-dealkylation sites (tertiary alicyclic amines) is 1. The van der Waals surface area contributed by atoms with Gasteiger partial charge in [0.1, 0.15) is 0 Å². The summed E-state index contributed by atoms with van der Waals surface area (Å²) in [4.78, 5) is 47.9. The van der Waals surface area contributed by atoms with Crippen LogP contribution in [0.1, 0.15) is 44.6 Å². The van der Waals surface area contributed by atoms with Crippen LogP contribution in [0.4, 0.5) is 5.69 Å². The molecule has 2 aliphatic heterocycles. The van der Waals surface area contributed by atoms with E-state index in [1.807, 2.05) is 11.0 Å². The molecule has 1 aromatic carbocycles. The maximum Gasteiger partial charge on any atom is 0.308 e. The van der Waals surface area contributed by atoms with Crippen molar-refractivity contribution in [3.8, 4) is 17.2 Å². The Kier molecular flexibility index (Phi) is 9.46. The number of hydrogen-bond acceptors (Lipinski definition) is 8. The van der Waals surface area contributed by atoms with E-state index in [-0.39, 0.29) is 25.2 Å². The molecular formula is C29H38N4O7. The van der Waals surface area contributed by atoms with Crippen molar-refractivity contribution in [2.45, 2.75) is 45.1 Å². The van der Waals surface area contributed by atoms with Gasteiger partial charge in [-0.25, -0.2) is 0 Å². The number of carboxylic acid groups (broad SMARTS) is 1. The Balaban J connectivity index is 1.67. The van der Waals surface area contributed by atoms with Crippen LogP contribution in [0.3, 0.4) is 0 Å². The molecule has 3 atom stereocenters. The number of aromatic nitrogens is 1. The highest BCUT2D eigenvalue weighted by Crippen LogP contribution is 2.47. The minimum Gasteiger partial charge on any atom is -0.493 e. The average molecular weight is 555 g/mol. The maximum atomic E-state index is 13.8. The normalized spacial score (nSPS) is 19.9. The van der Waals surface area contributed by atoms with Gasteiger partial charge in [0, 0.05) is 51.8 Å². The molecule has 0 radical (unpaired) electrons. The third kappa shape index (κ3) is 6.30. The third-order valence-corrected chi connectivity index (χ3v) is 7.77. The zero-order valence-electron chi connectivity index (χ0n) is 23.5. The third-order valence-electron chi connectivity index (χ3n) is 7.77. The van der Waals surface area contributed by atoms with E-state index in [9.17, 15) is 19.5 Å². The first-order valence-corrected chi connectivity index (χ1v) is 13.6. The smallest absolute Gasteiger partial charge is 0.308 e. The van der Waals surface area contributed by atoms with Gasteiger partial charge in [0.25, 0.3) is 0 Å². The number of rotatable bonds is 12. The molecule has 1 fully saturated rings. The first-order valence-electron chi connectivity index (χ1n) is 13.6. The second-order valence-corrected chi connectivity index (χ2v) is 10.3. The van der Waals surface area contributed by atoms with Gasteiger partial charge in [0.2, 0.25) is 24.4 Å². The van der Waals surface area contributed by atoms with E-state index >= 15 is 0 Å².